The van der Waals surface area contributed by atoms with E-state index in [-0.39, 0.29) is 5.91 Å². The number of halogens is 1. The summed E-state index contributed by atoms with van der Waals surface area (Å²) in [5.41, 5.74) is -0.417. The van der Waals surface area contributed by atoms with Gasteiger partial charge in [-0.2, -0.15) is 0 Å². The molecule has 7 nitrogen and oxygen atoms in total. The first-order chi connectivity index (χ1) is 15.4. The predicted octanol–water partition coefficient (Wildman–Crippen LogP) is 4.56. The largest absolute Gasteiger partial charge is 0.476 e. The summed E-state index contributed by atoms with van der Waals surface area (Å²) in [5, 5.41) is 3.44. The van der Waals surface area contributed by atoms with Gasteiger partial charge in [-0.05, 0) is 83.0 Å². The summed E-state index contributed by atoms with van der Waals surface area (Å²) in [6.45, 7) is 8.27. The molecule has 2 aromatic rings. The number of benzene rings is 2. The number of ether oxygens (including phenoxy) is 3. The van der Waals surface area contributed by atoms with Crippen molar-refractivity contribution in [3.8, 4) is 5.75 Å². The molecule has 0 spiro atoms. The molecule has 0 heterocycles. The molecular formula is C25H30ClNO6. The molecule has 0 aromatic heterocycles. The van der Waals surface area contributed by atoms with Gasteiger partial charge in [-0.15, -0.1) is 0 Å². The van der Waals surface area contributed by atoms with Crippen LogP contribution in [0.5, 0.6) is 5.75 Å². The van der Waals surface area contributed by atoms with Crippen LogP contribution in [0, 0.1) is 5.41 Å². The number of rotatable bonds is 9. The molecule has 2 aromatic carbocycles. The maximum Gasteiger partial charge on any atom is 0.352 e. The summed E-state index contributed by atoms with van der Waals surface area (Å²) in [5.74, 6) is -0.801. The molecule has 0 aliphatic heterocycles. The molecule has 0 fully saturated rings. The average Bonchev–Trinajstić information content (AvgIpc) is 2.74. The SMILES string of the molecule is CC(C)(C)C(=O)OCOC(=O)C(C)(C)Oc1ccc(CCNC(=O)c2ccc(Cl)cc2)cc1. The molecule has 0 radical (unpaired) electrons. The van der Waals surface area contributed by atoms with Crippen molar-refractivity contribution in [2.45, 2.75) is 46.6 Å². The third-order valence-electron chi connectivity index (χ3n) is 4.59. The smallest absolute Gasteiger partial charge is 0.352 e. The van der Waals surface area contributed by atoms with Crippen LogP contribution < -0.4 is 10.1 Å². The third-order valence-corrected chi connectivity index (χ3v) is 4.84. The molecule has 0 unspecified atom stereocenters. The second-order valence-corrected chi connectivity index (χ2v) is 9.44. The summed E-state index contributed by atoms with van der Waals surface area (Å²) in [6, 6.07) is 13.9. The number of carbonyl (C=O) groups excluding carboxylic acids is 3. The maximum atomic E-state index is 12.3. The maximum absolute atomic E-state index is 12.3. The quantitative estimate of drug-likeness (QED) is 0.422. The van der Waals surface area contributed by atoms with Gasteiger partial charge >= 0.3 is 11.9 Å². The Labute approximate surface area is 199 Å². The normalized spacial score (nSPS) is 11.5. The van der Waals surface area contributed by atoms with E-state index in [1.165, 1.54) is 0 Å². The molecule has 0 atom stereocenters. The Morgan fingerprint density at radius 3 is 2.00 bits per heavy atom. The standard InChI is InChI=1S/C25H30ClNO6/c1-24(2,3)22(29)31-16-32-23(30)25(4,5)33-20-12-6-17(7-13-20)14-15-27-21(28)18-8-10-19(26)11-9-18/h6-13H,14-16H2,1-5H3,(H,27,28). The van der Waals surface area contributed by atoms with Gasteiger partial charge in [0.15, 0.2) is 5.60 Å². The molecule has 8 heteroatoms. The van der Waals surface area contributed by atoms with Crippen molar-refractivity contribution in [1.29, 1.82) is 0 Å². The van der Waals surface area contributed by atoms with E-state index >= 15 is 0 Å². The zero-order valence-electron chi connectivity index (χ0n) is 19.6. The van der Waals surface area contributed by atoms with Gasteiger partial charge in [0, 0.05) is 17.1 Å². The van der Waals surface area contributed by atoms with Gasteiger partial charge in [0.05, 0.1) is 5.41 Å². The van der Waals surface area contributed by atoms with E-state index in [1.807, 2.05) is 12.1 Å². The molecule has 0 saturated heterocycles. The van der Waals surface area contributed by atoms with E-state index in [2.05, 4.69) is 5.32 Å². The molecular weight excluding hydrogens is 446 g/mol. The zero-order valence-corrected chi connectivity index (χ0v) is 20.3. The molecule has 2 rings (SSSR count). The predicted molar refractivity (Wildman–Crippen MR) is 125 cm³/mol. The molecule has 1 amide bonds. The third kappa shape index (κ3) is 8.42. The lowest BCUT2D eigenvalue weighted by Gasteiger charge is -2.24. The Morgan fingerprint density at radius 2 is 1.42 bits per heavy atom. The van der Waals surface area contributed by atoms with Crippen molar-refractivity contribution in [2.24, 2.45) is 5.41 Å². The number of hydrogen-bond acceptors (Lipinski definition) is 6. The first kappa shape index (κ1) is 26.2. The van der Waals surface area contributed by atoms with Crippen molar-refractivity contribution < 1.29 is 28.6 Å². The van der Waals surface area contributed by atoms with E-state index in [4.69, 9.17) is 25.8 Å². The Hall–Kier alpha value is -3.06. The summed E-state index contributed by atoms with van der Waals surface area (Å²) in [6.07, 6.45) is 0.629. The lowest BCUT2D eigenvalue weighted by Crippen LogP contribution is -2.40. The van der Waals surface area contributed by atoms with E-state index in [0.29, 0.717) is 29.3 Å². The molecule has 0 aliphatic carbocycles. The van der Waals surface area contributed by atoms with Crippen molar-refractivity contribution in [3.63, 3.8) is 0 Å². The Bertz CT molecular complexity index is 962. The van der Waals surface area contributed by atoms with Gasteiger partial charge < -0.3 is 19.5 Å². The number of carbonyl (C=O) groups is 3. The van der Waals surface area contributed by atoms with E-state index < -0.39 is 29.7 Å². The monoisotopic (exact) mass is 475 g/mol. The summed E-state index contributed by atoms with van der Waals surface area (Å²) < 4.78 is 15.7. The minimum Gasteiger partial charge on any atom is -0.476 e. The average molecular weight is 476 g/mol. The summed E-state index contributed by atoms with van der Waals surface area (Å²) >= 11 is 5.83. The molecule has 178 valence electrons. The first-order valence-corrected chi connectivity index (χ1v) is 10.9. The van der Waals surface area contributed by atoms with Crippen LogP contribution in [-0.2, 0) is 25.5 Å². The fourth-order valence-electron chi connectivity index (χ4n) is 2.61. The first-order valence-electron chi connectivity index (χ1n) is 10.5. The van der Waals surface area contributed by atoms with Crippen LogP contribution in [-0.4, -0.2) is 36.8 Å². The number of amides is 1. The van der Waals surface area contributed by atoms with E-state index in [0.717, 1.165) is 5.56 Å². The topological polar surface area (TPSA) is 90.9 Å². The molecule has 0 aliphatic rings. The fourth-order valence-corrected chi connectivity index (χ4v) is 2.74. The lowest BCUT2D eigenvalue weighted by atomic mass is 9.98. The van der Waals surface area contributed by atoms with Crippen LogP contribution in [0.2, 0.25) is 5.02 Å². The molecule has 33 heavy (non-hydrogen) atoms. The lowest BCUT2D eigenvalue weighted by molar-refractivity contribution is -0.181. The van der Waals surface area contributed by atoms with Crippen LogP contribution in [0.3, 0.4) is 0 Å². The highest BCUT2D eigenvalue weighted by Gasteiger charge is 2.32. The Balaban J connectivity index is 1.80. The van der Waals surface area contributed by atoms with Crippen LogP contribution >= 0.6 is 11.6 Å². The number of hydrogen-bond donors (Lipinski definition) is 1. The number of nitrogens with one attached hydrogen (secondary N) is 1. The fraction of sp³-hybridized carbons (Fsp3) is 0.400. The van der Waals surface area contributed by atoms with Gasteiger partial charge in [0.25, 0.3) is 5.91 Å². The highest BCUT2D eigenvalue weighted by molar-refractivity contribution is 6.30. The minimum absolute atomic E-state index is 0.167. The minimum atomic E-state index is -1.28. The van der Waals surface area contributed by atoms with Crippen molar-refractivity contribution >= 4 is 29.4 Å². The Morgan fingerprint density at radius 1 is 0.848 bits per heavy atom. The van der Waals surface area contributed by atoms with Gasteiger partial charge in [-0.25, -0.2) is 4.79 Å². The second-order valence-electron chi connectivity index (χ2n) is 9.00. The van der Waals surface area contributed by atoms with Crippen molar-refractivity contribution in [2.75, 3.05) is 13.3 Å². The summed E-state index contributed by atoms with van der Waals surface area (Å²) in [4.78, 5) is 36.2. The molecule has 0 saturated carbocycles. The van der Waals surface area contributed by atoms with Gasteiger partial charge in [-0.3, -0.25) is 9.59 Å². The van der Waals surface area contributed by atoms with Gasteiger partial charge in [-0.1, -0.05) is 23.7 Å². The highest BCUT2D eigenvalue weighted by atomic mass is 35.5. The Kier molecular flexibility index (Phi) is 8.88. The summed E-state index contributed by atoms with van der Waals surface area (Å²) in [7, 11) is 0. The van der Waals surface area contributed by atoms with Crippen LogP contribution in [0.4, 0.5) is 0 Å². The van der Waals surface area contributed by atoms with Crippen LogP contribution in [0.1, 0.15) is 50.5 Å². The van der Waals surface area contributed by atoms with Crippen LogP contribution in [0.15, 0.2) is 48.5 Å². The second kappa shape index (κ2) is 11.2. The zero-order chi connectivity index (χ0) is 24.6. The van der Waals surface area contributed by atoms with E-state index in [1.54, 1.807) is 71.0 Å². The highest BCUT2D eigenvalue weighted by Crippen LogP contribution is 2.21. The van der Waals surface area contributed by atoms with E-state index in [9.17, 15) is 14.4 Å². The van der Waals surface area contributed by atoms with Gasteiger partial charge in [0.1, 0.15) is 5.75 Å². The van der Waals surface area contributed by atoms with Crippen LogP contribution in [0.25, 0.3) is 0 Å². The molecule has 0 bridgehead atoms. The van der Waals surface area contributed by atoms with Crippen molar-refractivity contribution in [3.05, 3.63) is 64.7 Å². The van der Waals surface area contributed by atoms with Gasteiger partial charge in [0.2, 0.25) is 6.79 Å². The molecule has 1 N–H and O–H groups in total. The van der Waals surface area contributed by atoms with Crippen molar-refractivity contribution in [1.82, 2.24) is 5.32 Å². The number of esters is 2.